The van der Waals surface area contributed by atoms with Gasteiger partial charge in [0.1, 0.15) is 4.21 Å². The van der Waals surface area contributed by atoms with E-state index in [2.05, 4.69) is 14.4 Å². The lowest BCUT2D eigenvalue weighted by atomic mass is 10.3. The molecule has 0 aliphatic carbocycles. The molecule has 2 aromatic heterocycles. The Hall–Kier alpha value is -1.65. The minimum atomic E-state index is -4.49. The molecule has 0 bridgehead atoms. The minimum absolute atomic E-state index is 0.120. The summed E-state index contributed by atoms with van der Waals surface area (Å²) in [5, 5.41) is 1.61. The van der Waals surface area contributed by atoms with Crippen LogP contribution in [0.15, 0.2) is 40.1 Å². The van der Waals surface area contributed by atoms with Gasteiger partial charge < -0.3 is 4.74 Å². The van der Waals surface area contributed by atoms with Crippen LogP contribution in [-0.2, 0) is 16.6 Å². The first-order chi connectivity index (χ1) is 10.3. The Morgan fingerprint density at radius 3 is 2.68 bits per heavy atom. The highest BCUT2D eigenvalue weighted by Gasteiger charge is 2.29. The summed E-state index contributed by atoms with van der Waals surface area (Å²) in [5.41, 5.74) is 0.215. The number of alkyl halides is 3. The molecule has 2 aromatic rings. The number of ether oxygens (including phenoxy) is 1. The molecule has 120 valence electrons. The van der Waals surface area contributed by atoms with Crippen LogP contribution in [0.5, 0.6) is 5.88 Å². The molecule has 0 radical (unpaired) electrons. The van der Waals surface area contributed by atoms with Gasteiger partial charge in [-0.25, -0.2) is 18.1 Å². The van der Waals surface area contributed by atoms with E-state index in [1.165, 1.54) is 24.4 Å². The minimum Gasteiger partial charge on any atom is -0.468 e. The van der Waals surface area contributed by atoms with Gasteiger partial charge in [0.2, 0.25) is 15.9 Å². The van der Waals surface area contributed by atoms with Crippen molar-refractivity contribution in [2.24, 2.45) is 0 Å². The van der Waals surface area contributed by atoms with Crippen LogP contribution >= 0.6 is 11.3 Å². The second kappa shape index (κ2) is 6.63. The number of halogens is 3. The van der Waals surface area contributed by atoms with Crippen molar-refractivity contribution in [1.82, 2.24) is 9.71 Å². The van der Waals surface area contributed by atoms with Gasteiger partial charge in [-0.1, -0.05) is 12.1 Å². The highest BCUT2D eigenvalue weighted by atomic mass is 32.2. The lowest BCUT2D eigenvalue weighted by Crippen LogP contribution is -2.24. The Kier molecular flexibility index (Phi) is 5.04. The first kappa shape index (κ1) is 16.7. The Bertz CT molecular complexity index is 715. The van der Waals surface area contributed by atoms with Gasteiger partial charge in [0.15, 0.2) is 6.61 Å². The third-order valence-electron chi connectivity index (χ3n) is 2.44. The number of hydrogen-bond acceptors (Lipinski definition) is 5. The Balaban J connectivity index is 2.07. The molecular formula is C12H11F3N2O3S2. The van der Waals surface area contributed by atoms with Crippen molar-refractivity contribution in [2.75, 3.05) is 6.61 Å². The molecule has 0 saturated heterocycles. The molecule has 0 fully saturated rings. The maximum atomic E-state index is 12.2. The monoisotopic (exact) mass is 352 g/mol. The molecule has 2 heterocycles. The number of nitrogens with one attached hydrogen (secondary N) is 1. The Labute approximate surface area is 128 Å². The molecule has 0 amide bonds. The fourth-order valence-electron chi connectivity index (χ4n) is 1.50. The number of rotatable bonds is 6. The van der Waals surface area contributed by atoms with E-state index in [4.69, 9.17) is 0 Å². The van der Waals surface area contributed by atoms with E-state index >= 15 is 0 Å². The van der Waals surface area contributed by atoms with Crippen LogP contribution in [0, 0.1) is 0 Å². The lowest BCUT2D eigenvalue weighted by molar-refractivity contribution is -0.154. The van der Waals surface area contributed by atoms with Gasteiger partial charge in [0.25, 0.3) is 0 Å². The fraction of sp³-hybridized carbons (Fsp3) is 0.250. The number of nitrogens with zero attached hydrogens (tertiary/aromatic N) is 1. The lowest BCUT2D eigenvalue weighted by Gasteiger charge is -2.12. The van der Waals surface area contributed by atoms with Crippen LogP contribution < -0.4 is 9.46 Å². The van der Waals surface area contributed by atoms with Gasteiger partial charge in [-0.3, -0.25) is 0 Å². The number of thiophene rings is 1. The van der Waals surface area contributed by atoms with Crippen molar-refractivity contribution in [1.29, 1.82) is 0 Å². The quantitative estimate of drug-likeness (QED) is 0.868. The average Bonchev–Trinajstić information content (AvgIpc) is 2.98. The number of sulfonamides is 1. The van der Waals surface area contributed by atoms with Crippen LogP contribution in [-0.4, -0.2) is 26.2 Å². The van der Waals surface area contributed by atoms with E-state index in [9.17, 15) is 21.6 Å². The molecule has 5 nitrogen and oxygen atoms in total. The first-order valence-electron chi connectivity index (χ1n) is 5.94. The molecule has 0 aromatic carbocycles. The van der Waals surface area contributed by atoms with Crippen molar-refractivity contribution >= 4 is 21.4 Å². The second-order valence-electron chi connectivity index (χ2n) is 4.13. The SMILES string of the molecule is O=S(=O)(NCc1cccnc1OCC(F)(F)F)c1cccs1. The van der Waals surface area contributed by atoms with E-state index in [-0.39, 0.29) is 22.2 Å². The molecule has 2 rings (SSSR count). The van der Waals surface area contributed by atoms with E-state index in [0.717, 1.165) is 11.3 Å². The highest BCUT2D eigenvalue weighted by molar-refractivity contribution is 7.91. The molecular weight excluding hydrogens is 341 g/mol. The predicted octanol–water partition coefficient (Wildman–Crippen LogP) is 2.56. The second-order valence-corrected chi connectivity index (χ2v) is 7.07. The zero-order valence-corrected chi connectivity index (χ0v) is 12.6. The summed E-state index contributed by atoms with van der Waals surface area (Å²) in [4.78, 5) is 3.69. The van der Waals surface area contributed by atoms with Crippen LogP contribution in [0.4, 0.5) is 13.2 Å². The zero-order chi connectivity index (χ0) is 16.2. The highest BCUT2D eigenvalue weighted by Crippen LogP contribution is 2.21. The smallest absolute Gasteiger partial charge is 0.422 e. The van der Waals surface area contributed by atoms with E-state index in [0.29, 0.717) is 0 Å². The Morgan fingerprint density at radius 1 is 1.27 bits per heavy atom. The number of aromatic nitrogens is 1. The summed E-state index contributed by atoms with van der Waals surface area (Å²) in [6, 6.07) is 5.93. The van der Waals surface area contributed by atoms with Crippen LogP contribution in [0.1, 0.15) is 5.56 Å². The standard InChI is InChI=1S/C12H11F3N2O3S2/c13-12(14,15)8-20-11-9(3-1-5-16-11)7-17-22(18,19)10-4-2-6-21-10/h1-6,17H,7-8H2. The topological polar surface area (TPSA) is 68.3 Å². The van der Waals surface area contributed by atoms with Crippen molar-refractivity contribution in [3.8, 4) is 5.88 Å². The van der Waals surface area contributed by atoms with E-state index in [1.54, 1.807) is 11.4 Å². The zero-order valence-electron chi connectivity index (χ0n) is 11.0. The predicted molar refractivity (Wildman–Crippen MR) is 74.1 cm³/mol. The van der Waals surface area contributed by atoms with Crippen molar-refractivity contribution in [3.63, 3.8) is 0 Å². The normalized spacial score (nSPS) is 12.3. The van der Waals surface area contributed by atoms with E-state index in [1.807, 2.05) is 0 Å². The van der Waals surface area contributed by atoms with Gasteiger partial charge in [-0.2, -0.15) is 13.2 Å². The molecule has 10 heteroatoms. The molecule has 22 heavy (non-hydrogen) atoms. The van der Waals surface area contributed by atoms with Crippen molar-refractivity contribution < 1.29 is 26.3 Å². The van der Waals surface area contributed by atoms with Gasteiger partial charge >= 0.3 is 6.18 Å². The summed E-state index contributed by atoms with van der Waals surface area (Å²) >= 11 is 1.04. The summed E-state index contributed by atoms with van der Waals surface area (Å²) in [5.74, 6) is -0.256. The fourth-order valence-corrected chi connectivity index (χ4v) is 3.54. The van der Waals surface area contributed by atoms with E-state index < -0.39 is 22.8 Å². The third kappa shape index (κ3) is 4.68. The number of pyridine rings is 1. The largest absolute Gasteiger partial charge is 0.468 e. The summed E-state index contributed by atoms with van der Waals surface area (Å²) in [7, 11) is -3.71. The summed E-state index contributed by atoms with van der Waals surface area (Å²) in [6.07, 6.45) is -3.23. The maximum absolute atomic E-state index is 12.2. The molecule has 0 unspecified atom stereocenters. The average molecular weight is 352 g/mol. The number of hydrogen-bond donors (Lipinski definition) is 1. The molecule has 0 atom stereocenters. The van der Waals surface area contributed by atoms with Gasteiger partial charge in [-0.05, 0) is 17.5 Å². The van der Waals surface area contributed by atoms with Gasteiger partial charge in [-0.15, -0.1) is 11.3 Å². The molecule has 0 spiro atoms. The van der Waals surface area contributed by atoms with Crippen LogP contribution in [0.2, 0.25) is 0 Å². The van der Waals surface area contributed by atoms with Crippen molar-refractivity contribution in [2.45, 2.75) is 16.9 Å². The van der Waals surface area contributed by atoms with Gasteiger partial charge in [0.05, 0.1) is 0 Å². The summed E-state index contributed by atoms with van der Waals surface area (Å²) in [6.45, 7) is -1.71. The Morgan fingerprint density at radius 2 is 2.05 bits per heavy atom. The van der Waals surface area contributed by atoms with Gasteiger partial charge in [0, 0.05) is 18.3 Å². The molecule has 0 saturated carbocycles. The van der Waals surface area contributed by atoms with Crippen LogP contribution in [0.25, 0.3) is 0 Å². The third-order valence-corrected chi connectivity index (χ3v) is 5.23. The maximum Gasteiger partial charge on any atom is 0.422 e. The first-order valence-corrected chi connectivity index (χ1v) is 8.31. The van der Waals surface area contributed by atoms with Crippen LogP contribution in [0.3, 0.4) is 0 Å². The molecule has 1 N–H and O–H groups in total. The molecule has 0 aliphatic rings. The summed E-state index contributed by atoms with van der Waals surface area (Å²) < 4.78 is 67.4. The van der Waals surface area contributed by atoms with Crippen molar-refractivity contribution in [3.05, 3.63) is 41.4 Å². The molecule has 0 aliphatic heterocycles.